The van der Waals surface area contributed by atoms with Crippen molar-refractivity contribution in [3.8, 4) is 0 Å². The van der Waals surface area contributed by atoms with Gasteiger partial charge in [-0.3, -0.25) is 4.79 Å². The zero-order valence-electron chi connectivity index (χ0n) is 12.6. The van der Waals surface area contributed by atoms with E-state index < -0.39 is 23.5 Å². The Morgan fingerprint density at radius 2 is 1.80 bits per heavy atom. The Hall–Kier alpha value is -1.32. The molecule has 0 bridgehead atoms. The third-order valence-corrected chi connectivity index (χ3v) is 4.28. The molecule has 4 nitrogen and oxygen atoms in total. The van der Waals surface area contributed by atoms with E-state index in [4.69, 9.17) is 4.74 Å². The van der Waals surface area contributed by atoms with Crippen LogP contribution in [0.25, 0.3) is 0 Å². The predicted molar refractivity (Wildman–Crippen MR) is 77.4 cm³/mol. The minimum Gasteiger partial charge on any atom is -0.480 e. The van der Waals surface area contributed by atoms with Gasteiger partial charge < -0.3 is 9.84 Å². The van der Waals surface area contributed by atoms with Crippen LogP contribution in [0.4, 0.5) is 0 Å². The number of aliphatic carboxylic acids is 1. The van der Waals surface area contributed by atoms with Gasteiger partial charge in [-0.1, -0.05) is 52.0 Å². The van der Waals surface area contributed by atoms with E-state index in [0.29, 0.717) is 6.42 Å². The van der Waals surface area contributed by atoms with E-state index in [1.807, 2.05) is 0 Å². The van der Waals surface area contributed by atoms with Gasteiger partial charge in [0.15, 0.2) is 0 Å². The van der Waals surface area contributed by atoms with Crippen molar-refractivity contribution in [3.63, 3.8) is 0 Å². The third kappa shape index (κ3) is 3.62. The van der Waals surface area contributed by atoms with Gasteiger partial charge in [0, 0.05) is 0 Å². The first-order chi connectivity index (χ1) is 9.44. The van der Waals surface area contributed by atoms with E-state index in [0.717, 1.165) is 19.3 Å². The summed E-state index contributed by atoms with van der Waals surface area (Å²) in [6, 6.07) is 0. The summed E-state index contributed by atoms with van der Waals surface area (Å²) in [6.07, 6.45) is 8.12. The normalized spacial score (nSPS) is 25.8. The second-order valence-electron chi connectivity index (χ2n) is 5.79. The first-order valence-electron chi connectivity index (χ1n) is 7.58. The van der Waals surface area contributed by atoms with E-state index in [-0.39, 0.29) is 5.57 Å². The topological polar surface area (TPSA) is 63.6 Å². The summed E-state index contributed by atoms with van der Waals surface area (Å²) in [7, 11) is 0. The van der Waals surface area contributed by atoms with E-state index in [2.05, 4.69) is 13.5 Å². The fourth-order valence-corrected chi connectivity index (χ4v) is 2.63. The molecule has 1 saturated heterocycles. The number of ether oxygens (including phenoxy) is 1. The molecule has 1 rings (SSSR count). The van der Waals surface area contributed by atoms with E-state index in [1.54, 1.807) is 0 Å². The molecule has 0 aromatic heterocycles. The van der Waals surface area contributed by atoms with Gasteiger partial charge in [0.1, 0.15) is 11.5 Å². The summed E-state index contributed by atoms with van der Waals surface area (Å²) in [5.74, 6) is -1.59. The number of rotatable bonds is 9. The Bertz CT molecular complexity index is 375. The lowest BCUT2D eigenvalue weighted by Gasteiger charge is -2.24. The van der Waals surface area contributed by atoms with E-state index >= 15 is 0 Å². The van der Waals surface area contributed by atoms with Crippen LogP contribution < -0.4 is 0 Å². The van der Waals surface area contributed by atoms with Crippen LogP contribution >= 0.6 is 0 Å². The van der Waals surface area contributed by atoms with Gasteiger partial charge in [-0.25, -0.2) is 4.79 Å². The number of carbonyl (C=O) groups excluding carboxylic acids is 1. The van der Waals surface area contributed by atoms with Gasteiger partial charge in [-0.15, -0.1) is 0 Å². The molecule has 0 radical (unpaired) electrons. The minimum absolute atomic E-state index is 0.0675. The lowest BCUT2D eigenvalue weighted by atomic mass is 9.78. The average molecular weight is 282 g/mol. The van der Waals surface area contributed by atoms with Crippen LogP contribution in [0.15, 0.2) is 12.2 Å². The van der Waals surface area contributed by atoms with Crippen LogP contribution in [0.2, 0.25) is 0 Å². The molecule has 114 valence electrons. The molecule has 0 saturated carbocycles. The molecule has 2 atom stereocenters. The highest BCUT2D eigenvalue weighted by atomic mass is 16.6. The van der Waals surface area contributed by atoms with Crippen molar-refractivity contribution in [2.24, 2.45) is 5.41 Å². The van der Waals surface area contributed by atoms with Gasteiger partial charge in [-0.05, 0) is 19.8 Å². The van der Waals surface area contributed by atoms with Crippen LogP contribution in [-0.2, 0) is 14.3 Å². The summed E-state index contributed by atoms with van der Waals surface area (Å²) < 4.78 is 5.18. The smallest absolute Gasteiger partial charge is 0.335 e. The Morgan fingerprint density at radius 3 is 2.35 bits per heavy atom. The molecule has 4 heteroatoms. The molecule has 0 aromatic rings. The van der Waals surface area contributed by atoms with Crippen molar-refractivity contribution in [1.82, 2.24) is 0 Å². The molecule has 20 heavy (non-hydrogen) atoms. The molecule has 0 aliphatic carbocycles. The summed E-state index contributed by atoms with van der Waals surface area (Å²) >= 11 is 0. The quantitative estimate of drug-likeness (QED) is 0.398. The number of hydrogen-bond donors (Lipinski definition) is 1. The van der Waals surface area contributed by atoms with Crippen LogP contribution in [-0.4, -0.2) is 23.1 Å². The highest BCUT2D eigenvalue weighted by Crippen LogP contribution is 2.41. The first kappa shape index (κ1) is 16.7. The van der Waals surface area contributed by atoms with Crippen LogP contribution in [0.5, 0.6) is 0 Å². The van der Waals surface area contributed by atoms with Crippen molar-refractivity contribution in [2.45, 2.75) is 71.3 Å². The predicted octanol–water partition coefficient (Wildman–Crippen LogP) is 3.70. The monoisotopic (exact) mass is 282 g/mol. The van der Waals surface area contributed by atoms with Crippen LogP contribution in [0.1, 0.15) is 65.2 Å². The molecule has 0 aromatic carbocycles. The van der Waals surface area contributed by atoms with Gasteiger partial charge in [0.2, 0.25) is 0 Å². The van der Waals surface area contributed by atoms with Crippen molar-refractivity contribution in [3.05, 3.63) is 12.2 Å². The molecule has 2 unspecified atom stereocenters. The van der Waals surface area contributed by atoms with Gasteiger partial charge in [0.25, 0.3) is 0 Å². The van der Waals surface area contributed by atoms with Crippen molar-refractivity contribution >= 4 is 11.9 Å². The van der Waals surface area contributed by atoms with Gasteiger partial charge in [0.05, 0.1) is 5.57 Å². The Morgan fingerprint density at radius 1 is 1.25 bits per heavy atom. The van der Waals surface area contributed by atoms with Gasteiger partial charge >= 0.3 is 11.9 Å². The van der Waals surface area contributed by atoms with Gasteiger partial charge in [-0.2, -0.15) is 0 Å². The highest BCUT2D eigenvalue weighted by molar-refractivity contribution is 6.00. The highest BCUT2D eigenvalue weighted by Gasteiger charge is 2.54. The molecule has 1 aliphatic heterocycles. The summed E-state index contributed by atoms with van der Waals surface area (Å²) in [6.45, 7) is 7.31. The lowest BCUT2D eigenvalue weighted by Crippen LogP contribution is -2.37. The van der Waals surface area contributed by atoms with Crippen LogP contribution in [0.3, 0.4) is 0 Å². The largest absolute Gasteiger partial charge is 0.480 e. The fraction of sp³-hybridized carbons (Fsp3) is 0.750. The minimum atomic E-state index is -1.26. The molecule has 0 amide bonds. The Kier molecular flexibility index (Phi) is 6.24. The van der Waals surface area contributed by atoms with Crippen molar-refractivity contribution in [1.29, 1.82) is 0 Å². The lowest BCUT2D eigenvalue weighted by molar-refractivity contribution is -0.151. The zero-order valence-corrected chi connectivity index (χ0v) is 12.6. The first-order valence-corrected chi connectivity index (χ1v) is 7.58. The zero-order chi connectivity index (χ0) is 15.2. The maximum absolute atomic E-state index is 11.5. The molecule has 1 N–H and O–H groups in total. The Balaban J connectivity index is 2.37. The summed E-state index contributed by atoms with van der Waals surface area (Å²) in [5, 5.41) is 9.34. The molecule has 1 aliphatic rings. The Labute approximate surface area is 121 Å². The van der Waals surface area contributed by atoms with Crippen molar-refractivity contribution in [2.75, 3.05) is 0 Å². The number of esters is 1. The average Bonchev–Trinajstić information content (AvgIpc) is 2.63. The van der Waals surface area contributed by atoms with Crippen molar-refractivity contribution < 1.29 is 19.4 Å². The number of hydrogen-bond acceptors (Lipinski definition) is 3. The number of carboxylic acid groups (broad SMARTS) is 1. The fourth-order valence-electron chi connectivity index (χ4n) is 2.63. The maximum atomic E-state index is 11.5. The van der Waals surface area contributed by atoms with E-state index in [1.165, 1.54) is 32.6 Å². The number of carbonyl (C=O) groups is 2. The number of unbranched alkanes of at least 4 members (excludes halogenated alkanes) is 6. The number of cyclic esters (lactones) is 1. The molecule has 0 spiro atoms. The number of carboxylic acids is 1. The SMILES string of the molecule is C=C1C(=O)OC(CCCCCCCCC)C1(C)C(=O)O. The van der Waals surface area contributed by atoms with Crippen LogP contribution in [0, 0.1) is 5.41 Å². The summed E-state index contributed by atoms with van der Waals surface area (Å²) in [5.41, 5.74) is -1.20. The summed E-state index contributed by atoms with van der Waals surface area (Å²) in [4.78, 5) is 22.9. The van der Waals surface area contributed by atoms with E-state index in [9.17, 15) is 14.7 Å². The second kappa shape index (κ2) is 7.46. The maximum Gasteiger partial charge on any atom is 0.335 e. The standard InChI is InChI=1S/C16H26O4/c1-4-5-6-7-8-9-10-11-13-16(3,15(18)19)12(2)14(17)20-13/h13H,2,4-11H2,1,3H3,(H,18,19). The molecular weight excluding hydrogens is 256 g/mol. The molecular formula is C16H26O4. The molecule has 1 fully saturated rings. The third-order valence-electron chi connectivity index (χ3n) is 4.28. The molecule has 1 heterocycles. The second-order valence-corrected chi connectivity index (χ2v) is 5.79.